The number of hydrogen-bond donors (Lipinski definition) is 1. The summed E-state index contributed by atoms with van der Waals surface area (Å²) in [6.07, 6.45) is 0. The average Bonchev–Trinajstić information content (AvgIpc) is 2.33. The molecular weight excluding hydrogens is 288 g/mol. The van der Waals surface area contributed by atoms with Crippen molar-refractivity contribution in [3.63, 3.8) is 0 Å². The first-order valence-electron chi connectivity index (χ1n) is 5.90. The van der Waals surface area contributed by atoms with E-state index in [-0.39, 0.29) is 16.0 Å². The summed E-state index contributed by atoms with van der Waals surface area (Å²) in [6, 6.07) is 4.15. The SMILES string of the molecule is CCN(C(C)COC)S(=O)(=O)c1cc(N)ccc1Cl. The molecule has 2 N–H and O–H groups in total. The molecule has 1 aromatic carbocycles. The minimum Gasteiger partial charge on any atom is -0.399 e. The Balaban J connectivity index is 3.24. The highest BCUT2D eigenvalue weighted by atomic mass is 35.5. The van der Waals surface area contributed by atoms with Gasteiger partial charge in [-0.25, -0.2) is 8.42 Å². The normalized spacial score (nSPS) is 13.7. The predicted molar refractivity (Wildman–Crippen MR) is 76.8 cm³/mol. The molecule has 0 saturated carbocycles. The van der Waals surface area contributed by atoms with Gasteiger partial charge < -0.3 is 10.5 Å². The molecule has 0 heterocycles. The number of hydrogen-bond acceptors (Lipinski definition) is 4. The Hall–Kier alpha value is -0.820. The van der Waals surface area contributed by atoms with Crippen molar-refractivity contribution in [2.24, 2.45) is 0 Å². The van der Waals surface area contributed by atoms with Crippen molar-refractivity contribution in [3.05, 3.63) is 23.2 Å². The molecule has 0 aliphatic rings. The Bertz CT molecular complexity index is 534. The maximum Gasteiger partial charge on any atom is 0.244 e. The van der Waals surface area contributed by atoms with Gasteiger partial charge in [0.2, 0.25) is 10.0 Å². The van der Waals surface area contributed by atoms with E-state index >= 15 is 0 Å². The Labute approximate surface area is 119 Å². The third kappa shape index (κ3) is 3.60. The van der Waals surface area contributed by atoms with Gasteiger partial charge in [-0.1, -0.05) is 18.5 Å². The average molecular weight is 307 g/mol. The van der Waals surface area contributed by atoms with Crippen LogP contribution in [0.3, 0.4) is 0 Å². The summed E-state index contributed by atoms with van der Waals surface area (Å²) < 4.78 is 31.5. The van der Waals surface area contributed by atoms with E-state index in [0.717, 1.165) is 0 Å². The van der Waals surface area contributed by atoms with Crippen molar-refractivity contribution in [3.8, 4) is 0 Å². The Kier molecular flexibility index (Phi) is 5.61. The second kappa shape index (κ2) is 6.56. The monoisotopic (exact) mass is 306 g/mol. The minimum absolute atomic E-state index is 0.0268. The van der Waals surface area contributed by atoms with Crippen LogP contribution in [0.4, 0.5) is 5.69 Å². The topological polar surface area (TPSA) is 72.6 Å². The molecule has 108 valence electrons. The first-order valence-corrected chi connectivity index (χ1v) is 7.72. The van der Waals surface area contributed by atoms with Crippen LogP contribution in [0.2, 0.25) is 5.02 Å². The molecule has 0 bridgehead atoms. The van der Waals surface area contributed by atoms with Crippen molar-refractivity contribution in [1.82, 2.24) is 4.31 Å². The number of anilines is 1. The van der Waals surface area contributed by atoms with Gasteiger partial charge in [-0.3, -0.25) is 0 Å². The lowest BCUT2D eigenvalue weighted by Gasteiger charge is -2.27. The highest BCUT2D eigenvalue weighted by Crippen LogP contribution is 2.27. The van der Waals surface area contributed by atoms with Gasteiger partial charge in [-0.15, -0.1) is 0 Å². The highest BCUT2D eigenvalue weighted by Gasteiger charge is 2.29. The molecule has 1 rings (SSSR count). The van der Waals surface area contributed by atoms with Crippen LogP contribution >= 0.6 is 11.6 Å². The van der Waals surface area contributed by atoms with Gasteiger partial charge in [-0.05, 0) is 25.1 Å². The summed E-state index contributed by atoms with van der Waals surface area (Å²) >= 11 is 5.97. The zero-order valence-corrected chi connectivity index (χ0v) is 12.8. The minimum atomic E-state index is -3.68. The Morgan fingerprint density at radius 2 is 2.11 bits per heavy atom. The van der Waals surface area contributed by atoms with Crippen molar-refractivity contribution < 1.29 is 13.2 Å². The van der Waals surface area contributed by atoms with E-state index in [1.165, 1.54) is 23.5 Å². The molecule has 5 nitrogen and oxygen atoms in total. The van der Waals surface area contributed by atoms with Gasteiger partial charge in [0.05, 0.1) is 11.6 Å². The zero-order chi connectivity index (χ0) is 14.6. The molecule has 19 heavy (non-hydrogen) atoms. The van der Waals surface area contributed by atoms with Crippen molar-refractivity contribution in [2.75, 3.05) is 26.0 Å². The fourth-order valence-corrected chi connectivity index (χ4v) is 4.02. The molecule has 1 atom stereocenters. The Morgan fingerprint density at radius 1 is 1.47 bits per heavy atom. The lowest BCUT2D eigenvalue weighted by Crippen LogP contribution is -2.40. The number of nitrogen functional groups attached to an aromatic ring is 1. The molecule has 1 unspecified atom stereocenters. The number of halogens is 1. The lowest BCUT2D eigenvalue weighted by molar-refractivity contribution is 0.142. The first kappa shape index (κ1) is 16.2. The summed E-state index contributed by atoms with van der Waals surface area (Å²) in [5.41, 5.74) is 5.99. The van der Waals surface area contributed by atoms with Crippen LogP contribution in [0.15, 0.2) is 23.1 Å². The van der Waals surface area contributed by atoms with Crippen LogP contribution in [0.1, 0.15) is 13.8 Å². The summed E-state index contributed by atoms with van der Waals surface area (Å²) in [5.74, 6) is 0. The summed E-state index contributed by atoms with van der Waals surface area (Å²) in [7, 11) is -2.15. The molecule has 0 aromatic heterocycles. The fourth-order valence-electron chi connectivity index (χ4n) is 1.89. The third-order valence-electron chi connectivity index (χ3n) is 2.75. The van der Waals surface area contributed by atoms with Crippen LogP contribution in [-0.2, 0) is 14.8 Å². The number of methoxy groups -OCH3 is 1. The smallest absolute Gasteiger partial charge is 0.244 e. The predicted octanol–water partition coefficient (Wildman–Crippen LogP) is 1.97. The van der Waals surface area contributed by atoms with Crippen molar-refractivity contribution >= 4 is 27.3 Å². The van der Waals surface area contributed by atoms with E-state index in [4.69, 9.17) is 22.1 Å². The van der Waals surface area contributed by atoms with Gasteiger partial charge in [0.1, 0.15) is 4.90 Å². The number of nitrogens with zero attached hydrogens (tertiary/aromatic N) is 1. The van der Waals surface area contributed by atoms with Gasteiger partial charge in [-0.2, -0.15) is 4.31 Å². The number of rotatable bonds is 6. The number of benzene rings is 1. The van der Waals surface area contributed by atoms with E-state index in [1.807, 2.05) is 0 Å². The van der Waals surface area contributed by atoms with Crippen LogP contribution in [0.25, 0.3) is 0 Å². The van der Waals surface area contributed by atoms with E-state index in [9.17, 15) is 8.42 Å². The maximum atomic E-state index is 12.6. The molecule has 7 heteroatoms. The molecule has 0 aliphatic heterocycles. The van der Waals surface area contributed by atoms with Gasteiger partial charge >= 0.3 is 0 Å². The van der Waals surface area contributed by atoms with Gasteiger partial charge in [0.25, 0.3) is 0 Å². The van der Waals surface area contributed by atoms with Crippen LogP contribution in [-0.4, -0.2) is 39.0 Å². The van der Waals surface area contributed by atoms with Gasteiger partial charge in [0.15, 0.2) is 0 Å². The fraction of sp³-hybridized carbons (Fsp3) is 0.500. The lowest BCUT2D eigenvalue weighted by atomic mass is 10.3. The molecule has 0 amide bonds. The zero-order valence-electron chi connectivity index (χ0n) is 11.3. The number of sulfonamides is 1. The standard InChI is InChI=1S/C12H19ClN2O3S/c1-4-15(9(2)8-18-3)19(16,17)12-7-10(14)5-6-11(12)13/h5-7,9H,4,8,14H2,1-3H3. The molecule has 0 aliphatic carbocycles. The number of nitrogens with two attached hydrogens (primary N) is 1. The molecule has 0 spiro atoms. The largest absolute Gasteiger partial charge is 0.399 e. The van der Waals surface area contributed by atoms with Crippen LogP contribution in [0.5, 0.6) is 0 Å². The summed E-state index contributed by atoms with van der Waals surface area (Å²) in [4.78, 5) is 0.0268. The summed E-state index contributed by atoms with van der Waals surface area (Å²) in [5, 5.41) is 0.164. The maximum absolute atomic E-state index is 12.6. The second-order valence-electron chi connectivity index (χ2n) is 4.20. The third-order valence-corrected chi connectivity index (χ3v) is 5.32. The number of ether oxygens (including phenoxy) is 1. The van der Waals surface area contributed by atoms with E-state index in [1.54, 1.807) is 19.9 Å². The molecule has 0 fully saturated rings. The second-order valence-corrected chi connectivity index (χ2v) is 6.47. The molecule has 1 aromatic rings. The first-order chi connectivity index (χ1) is 8.84. The van der Waals surface area contributed by atoms with Crippen LogP contribution < -0.4 is 5.73 Å². The molecule has 0 saturated heterocycles. The highest BCUT2D eigenvalue weighted by molar-refractivity contribution is 7.89. The number of likely N-dealkylation sites (N-methyl/N-ethyl adjacent to an activating group) is 1. The van der Waals surface area contributed by atoms with Crippen molar-refractivity contribution in [2.45, 2.75) is 24.8 Å². The van der Waals surface area contributed by atoms with E-state index < -0.39 is 10.0 Å². The van der Waals surface area contributed by atoms with Gasteiger partial charge in [0, 0.05) is 25.4 Å². The molecular formula is C12H19ClN2O3S. The van der Waals surface area contributed by atoms with E-state index in [0.29, 0.717) is 18.8 Å². The molecule has 0 radical (unpaired) electrons. The summed E-state index contributed by atoms with van der Waals surface area (Å²) in [6.45, 7) is 4.19. The quantitative estimate of drug-likeness (QED) is 0.816. The van der Waals surface area contributed by atoms with E-state index in [2.05, 4.69) is 0 Å². The van der Waals surface area contributed by atoms with Crippen LogP contribution in [0, 0.1) is 0 Å². The van der Waals surface area contributed by atoms with Crippen molar-refractivity contribution in [1.29, 1.82) is 0 Å². The Morgan fingerprint density at radius 3 is 2.63 bits per heavy atom.